The standard InChI is InChI=1S/C18H14ClN3OS/c1-10-3-6-13-16(7-10)24-18(20-13)21-17(23)15-8-11-4-5-12(19)9-14(11)22(15)2/h3-9H,1-2H3,(H,20,21,23). The van der Waals surface area contributed by atoms with Crippen LogP contribution in [-0.2, 0) is 7.05 Å². The SMILES string of the molecule is Cc1ccc2nc(NC(=O)c3cc4ccc(Cl)cc4n3C)sc2c1. The van der Waals surface area contributed by atoms with E-state index < -0.39 is 0 Å². The van der Waals surface area contributed by atoms with E-state index in [1.165, 1.54) is 16.9 Å². The zero-order chi connectivity index (χ0) is 16.8. The molecule has 0 saturated carbocycles. The number of rotatable bonds is 2. The van der Waals surface area contributed by atoms with E-state index >= 15 is 0 Å². The second-order valence-corrected chi connectivity index (χ2v) is 7.20. The Morgan fingerprint density at radius 2 is 2.04 bits per heavy atom. The quantitative estimate of drug-likeness (QED) is 0.550. The maximum Gasteiger partial charge on any atom is 0.274 e. The molecule has 0 spiro atoms. The van der Waals surface area contributed by atoms with E-state index in [9.17, 15) is 4.79 Å². The van der Waals surface area contributed by atoms with E-state index in [1.807, 2.05) is 54.9 Å². The molecule has 2 aromatic heterocycles. The number of fused-ring (bicyclic) bond motifs is 2. The minimum absolute atomic E-state index is 0.180. The van der Waals surface area contributed by atoms with Crippen molar-refractivity contribution in [1.82, 2.24) is 9.55 Å². The van der Waals surface area contributed by atoms with Gasteiger partial charge in [-0.25, -0.2) is 4.98 Å². The number of hydrogen-bond donors (Lipinski definition) is 1. The van der Waals surface area contributed by atoms with Crippen LogP contribution in [0.4, 0.5) is 5.13 Å². The van der Waals surface area contributed by atoms with Gasteiger partial charge in [-0.2, -0.15) is 0 Å². The molecule has 120 valence electrons. The minimum atomic E-state index is -0.180. The van der Waals surface area contributed by atoms with Crippen LogP contribution in [0.1, 0.15) is 16.1 Å². The fraction of sp³-hybridized carbons (Fsp3) is 0.111. The number of aromatic nitrogens is 2. The Bertz CT molecular complexity index is 1100. The van der Waals surface area contributed by atoms with Crippen LogP contribution in [0.15, 0.2) is 42.5 Å². The monoisotopic (exact) mass is 355 g/mol. The highest BCUT2D eigenvalue weighted by Gasteiger charge is 2.15. The van der Waals surface area contributed by atoms with Gasteiger partial charge in [-0.3, -0.25) is 10.1 Å². The molecule has 1 N–H and O–H groups in total. The van der Waals surface area contributed by atoms with Crippen molar-refractivity contribution in [1.29, 1.82) is 0 Å². The summed E-state index contributed by atoms with van der Waals surface area (Å²) < 4.78 is 2.91. The van der Waals surface area contributed by atoms with Crippen molar-refractivity contribution in [2.75, 3.05) is 5.32 Å². The molecule has 0 bridgehead atoms. The Morgan fingerprint density at radius 3 is 2.88 bits per heavy atom. The summed E-state index contributed by atoms with van der Waals surface area (Å²) in [4.78, 5) is 17.1. The number of amides is 1. The zero-order valence-corrected chi connectivity index (χ0v) is 14.7. The molecule has 0 aliphatic heterocycles. The van der Waals surface area contributed by atoms with Crippen LogP contribution in [0.25, 0.3) is 21.1 Å². The summed E-state index contributed by atoms with van der Waals surface area (Å²) in [5.41, 5.74) is 3.56. The summed E-state index contributed by atoms with van der Waals surface area (Å²) in [7, 11) is 1.86. The van der Waals surface area contributed by atoms with Crippen molar-refractivity contribution < 1.29 is 4.79 Å². The smallest absolute Gasteiger partial charge is 0.274 e. The maximum atomic E-state index is 12.6. The lowest BCUT2D eigenvalue weighted by Gasteiger charge is -2.04. The topological polar surface area (TPSA) is 46.9 Å². The zero-order valence-electron chi connectivity index (χ0n) is 13.1. The third-order valence-corrected chi connectivity index (χ3v) is 5.17. The summed E-state index contributed by atoms with van der Waals surface area (Å²) in [6, 6.07) is 13.5. The molecule has 0 radical (unpaired) electrons. The highest BCUT2D eigenvalue weighted by atomic mass is 35.5. The second-order valence-electron chi connectivity index (χ2n) is 5.74. The van der Waals surface area contributed by atoms with Gasteiger partial charge in [0.2, 0.25) is 0 Å². The van der Waals surface area contributed by atoms with Gasteiger partial charge >= 0.3 is 0 Å². The van der Waals surface area contributed by atoms with Gasteiger partial charge in [-0.1, -0.05) is 35.1 Å². The van der Waals surface area contributed by atoms with Crippen molar-refractivity contribution in [2.45, 2.75) is 6.92 Å². The Balaban J connectivity index is 1.69. The lowest BCUT2D eigenvalue weighted by molar-refractivity contribution is 0.102. The number of aryl methyl sites for hydroxylation is 2. The molecule has 6 heteroatoms. The van der Waals surface area contributed by atoms with Crippen LogP contribution in [0.3, 0.4) is 0 Å². The van der Waals surface area contributed by atoms with Crippen molar-refractivity contribution in [3.05, 3.63) is 58.7 Å². The van der Waals surface area contributed by atoms with Crippen LogP contribution in [-0.4, -0.2) is 15.5 Å². The van der Waals surface area contributed by atoms with Gasteiger partial charge in [-0.15, -0.1) is 0 Å². The molecule has 4 rings (SSSR count). The molecular formula is C18H14ClN3OS. The lowest BCUT2D eigenvalue weighted by Crippen LogP contribution is -2.15. The normalized spacial score (nSPS) is 11.3. The van der Waals surface area contributed by atoms with Crippen LogP contribution < -0.4 is 5.32 Å². The molecule has 0 atom stereocenters. The highest BCUT2D eigenvalue weighted by molar-refractivity contribution is 7.22. The molecular weight excluding hydrogens is 342 g/mol. The Morgan fingerprint density at radius 1 is 1.21 bits per heavy atom. The van der Waals surface area contributed by atoms with Gasteiger partial charge < -0.3 is 4.57 Å². The van der Waals surface area contributed by atoms with Gasteiger partial charge in [-0.05, 0) is 42.8 Å². The number of hydrogen-bond acceptors (Lipinski definition) is 3. The fourth-order valence-electron chi connectivity index (χ4n) is 2.77. The molecule has 4 aromatic rings. The number of carbonyl (C=O) groups excluding carboxylic acids is 1. The van der Waals surface area contributed by atoms with Gasteiger partial charge in [0.25, 0.3) is 5.91 Å². The lowest BCUT2D eigenvalue weighted by atomic mass is 10.2. The van der Waals surface area contributed by atoms with E-state index in [-0.39, 0.29) is 5.91 Å². The molecule has 24 heavy (non-hydrogen) atoms. The molecule has 4 nitrogen and oxygen atoms in total. The number of nitrogens with one attached hydrogen (secondary N) is 1. The predicted molar refractivity (Wildman–Crippen MR) is 100 cm³/mol. The molecule has 0 fully saturated rings. The number of anilines is 1. The first-order chi connectivity index (χ1) is 11.5. The molecule has 0 aliphatic rings. The molecule has 0 aliphatic carbocycles. The predicted octanol–water partition coefficient (Wildman–Crippen LogP) is 5.00. The van der Waals surface area contributed by atoms with Crippen LogP contribution in [0.2, 0.25) is 5.02 Å². The van der Waals surface area contributed by atoms with Gasteiger partial charge in [0.15, 0.2) is 5.13 Å². The van der Waals surface area contributed by atoms with Crippen molar-refractivity contribution in [3.63, 3.8) is 0 Å². The van der Waals surface area contributed by atoms with Crippen LogP contribution in [0, 0.1) is 6.92 Å². The molecule has 2 heterocycles. The second kappa shape index (κ2) is 5.61. The number of benzene rings is 2. The van der Waals surface area contributed by atoms with E-state index in [0.717, 1.165) is 21.1 Å². The van der Waals surface area contributed by atoms with Crippen molar-refractivity contribution in [3.8, 4) is 0 Å². The molecule has 1 amide bonds. The summed E-state index contributed by atoms with van der Waals surface area (Å²) in [5.74, 6) is -0.180. The fourth-order valence-corrected chi connectivity index (χ4v) is 3.89. The first kappa shape index (κ1) is 15.2. The Hall–Kier alpha value is -2.37. The number of halogens is 1. The van der Waals surface area contributed by atoms with Gasteiger partial charge in [0.05, 0.1) is 10.2 Å². The summed E-state index contributed by atoms with van der Waals surface area (Å²) in [6.07, 6.45) is 0. The van der Waals surface area contributed by atoms with E-state index in [1.54, 1.807) is 0 Å². The number of nitrogens with zero attached hydrogens (tertiary/aromatic N) is 2. The minimum Gasteiger partial charge on any atom is -0.340 e. The van der Waals surface area contributed by atoms with Crippen molar-refractivity contribution in [2.24, 2.45) is 7.05 Å². The molecule has 0 saturated heterocycles. The molecule has 2 aromatic carbocycles. The first-order valence-corrected chi connectivity index (χ1v) is 8.64. The first-order valence-electron chi connectivity index (χ1n) is 7.45. The van der Waals surface area contributed by atoms with Gasteiger partial charge in [0, 0.05) is 23.0 Å². The van der Waals surface area contributed by atoms with E-state index in [2.05, 4.69) is 16.4 Å². The van der Waals surface area contributed by atoms with Crippen LogP contribution in [0.5, 0.6) is 0 Å². The summed E-state index contributed by atoms with van der Waals surface area (Å²) in [5, 5.41) is 5.13. The largest absolute Gasteiger partial charge is 0.340 e. The maximum absolute atomic E-state index is 12.6. The average Bonchev–Trinajstić information content (AvgIpc) is 3.08. The summed E-state index contributed by atoms with van der Waals surface area (Å²) >= 11 is 7.52. The van der Waals surface area contributed by atoms with Crippen molar-refractivity contribution >= 4 is 55.1 Å². The average molecular weight is 356 g/mol. The number of thiazole rings is 1. The Labute approximate surface area is 147 Å². The summed E-state index contributed by atoms with van der Waals surface area (Å²) in [6.45, 7) is 2.04. The van der Waals surface area contributed by atoms with E-state index in [4.69, 9.17) is 11.6 Å². The molecule has 0 unspecified atom stereocenters. The van der Waals surface area contributed by atoms with Crippen LogP contribution >= 0.6 is 22.9 Å². The Kier molecular flexibility index (Phi) is 3.55. The third kappa shape index (κ3) is 2.56. The number of carbonyl (C=O) groups is 1. The van der Waals surface area contributed by atoms with E-state index in [0.29, 0.717) is 15.8 Å². The van der Waals surface area contributed by atoms with Gasteiger partial charge in [0.1, 0.15) is 5.69 Å². The third-order valence-electron chi connectivity index (χ3n) is 4.00. The highest BCUT2D eigenvalue weighted by Crippen LogP contribution is 2.28.